The lowest BCUT2D eigenvalue weighted by Gasteiger charge is -2.23. The van der Waals surface area contributed by atoms with Gasteiger partial charge in [-0.2, -0.15) is 0 Å². The number of nitrogens with zero attached hydrogens (tertiary/aromatic N) is 2. The molecule has 0 fully saturated rings. The van der Waals surface area contributed by atoms with Crippen molar-refractivity contribution in [3.8, 4) is 0 Å². The second-order valence-electron chi connectivity index (χ2n) is 5.62. The van der Waals surface area contributed by atoms with Crippen LogP contribution in [-0.4, -0.2) is 18.7 Å². The van der Waals surface area contributed by atoms with Crippen molar-refractivity contribution in [2.24, 2.45) is 10.7 Å². The average Bonchev–Trinajstić information content (AvgIpc) is 2.67. The maximum atomic E-state index is 7.90. The van der Waals surface area contributed by atoms with Crippen LogP contribution in [0.25, 0.3) is 0 Å². The Morgan fingerprint density at radius 1 is 0.800 bits per heavy atom. The fourth-order valence-corrected chi connectivity index (χ4v) is 2.63. The summed E-state index contributed by atoms with van der Waals surface area (Å²) < 4.78 is 0. The van der Waals surface area contributed by atoms with Crippen LogP contribution in [0.1, 0.15) is 11.1 Å². The van der Waals surface area contributed by atoms with E-state index in [0.717, 1.165) is 22.8 Å². The molecular formula is C21H20N4. The van der Waals surface area contributed by atoms with Gasteiger partial charge in [-0.15, -0.1) is 0 Å². The standard InChI is InChI=1S/C21H20N4/c1-25(17-12-6-3-7-13-17)21(24-16-10-4-2-5-11-16)19-15-9-8-14-18(19)20(22)23/h2-15H,1H3,(H3,22,23). The van der Waals surface area contributed by atoms with E-state index in [0.29, 0.717) is 5.56 Å². The zero-order valence-corrected chi connectivity index (χ0v) is 14.1. The Balaban J connectivity index is 2.17. The third-order valence-corrected chi connectivity index (χ3v) is 3.91. The number of benzene rings is 3. The maximum Gasteiger partial charge on any atom is 0.141 e. The van der Waals surface area contributed by atoms with Crippen LogP contribution < -0.4 is 10.6 Å². The molecule has 0 radical (unpaired) electrons. The summed E-state index contributed by atoms with van der Waals surface area (Å²) in [7, 11) is 1.97. The van der Waals surface area contributed by atoms with Crippen molar-refractivity contribution >= 4 is 23.0 Å². The fourth-order valence-electron chi connectivity index (χ4n) is 2.63. The molecule has 0 saturated carbocycles. The smallest absolute Gasteiger partial charge is 0.141 e. The minimum Gasteiger partial charge on any atom is -0.384 e. The molecule has 4 heteroatoms. The monoisotopic (exact) mass is 328 g/mol. The van der Waals surface area contributed by atoms with Crippen molar-refractivity contribution in [2.75, 3.05) is 11.9 Å². The Kier molecular flexibility index (Phi) is 4.90. The highest BCUT2D eigenvalue weighted by molar-refractivity contribution is 6.16. The average molecular weight is 328 g/mol. The summed E-state index contributed by atoms with van der Waals surface area (Å²) in [5.74, 6) is 0.765. The Hall–Kier alpha value is -3.40. The van der Waals surface area contributed by atoms with Gasteiger partial charge in [0, 0.05) is 23.9 Å². The van der Waals surface area contributed by atoms with Gasteiger partial charge in [0.1, 0.15) is 11.7 Å². The third-order valence-electron chi connectivity index (χ3n) is 3.91. The highest BCUT2D eigenvalue weighted by atomic mass is 15.2. The van der Waals surface area contributed by atoms with E-state index in [2.05, 4.69) is 0 Å². The normalized spacial score (nSPS) is 11.2. The summed E-state index contributed by atoms with van der Waals surface area (Å²) >= 11 is 0. The quantitative estimate of drug-likeness (QED) is 0.557. The minimum atomic E-state index is 0.0258. The van der Waals surface area contributed by atoms with Crippen LogP contribution in [0.5, 0.6) is 0 Å². The van der Waals surface area contributed by atoms with Crippen LogP contribution in [0.2, 0.25) is 0 Å². The number of aliphatic imine (C=N–C) groups is 1. The van der Waals surface area contributed by atoms with Crippen molar-refractivity contribution in [3.05, 3.63) is 96.1 Å². The van der Waals surface area contributed by atoms with E-state index < -0.39 is 0 Å². The molecule has 3 rings (SSSR count). The third kappa shape index (κ3) is 3.75. The second-order valence-corrected chi connectivity index (χ2v) is 5.62. The van der Waals surface area contributed by atoms with Gasteiger partial charge in [-0.1, -0.05) is 60.7 Å². The molecule has 0 aliphatic heterocycles. The van der Waals surface area contributed by atoms with Gasteiger partial charge in [0.25, 0.3) is 0 Å². The van der Waals surface area contributed by atoms with Gasteiger partial charge in [0.2, 0.25) is 0 Å². The topological polar surface area (TPSA) is 65.5 Å². The molecule has 0 unspecified atom stereocenters. The van der Waals surface area contributed by atoms with Gasteiger partial charge < -0.3 is 10.6 Å². The summed E-state index contributed by atoms with van der Waals surface area (Å²) in [6, 6.07) is 27.4. The molecule has 0 amide bonds. The van der Waals surface area contributed by atoms with Gasteiger partial charge in [-0.3, -0.25) is 5.41 Å². The lowest BCUT2D eigenvalue weighted by Crippen LogP contribution is -2.29. The fraction of sp³-hybridized carbons (Fsp3) is 0.0476. The Bertz CT molecular complexity index is 886. The van der Waals surface area contributed by atoms with E-state index >= 15 is 0 Å². The first-order valence-corrected chi connectivity index (χ1v) is 8.03. The number of nitrogens with one attached hydrogen (secondary N) is 1. The number of hydrogen-bond donors (Lipinski definition) is 2. The molecular weight excluding hydrogens is 308 g/mol. The van der Waals surface area contributed by atoms with Gasteiger partial charge in [-0.25, -0.2) is 4.99 Å². The van der Waals surface area contributed by atoms with Gasteiger partial charge >= 0.3 is 0 Å². The molecule has 0 saturated heterocycles. The van der Waals surface area contributed by atoms with E-state index in [9.17, 15) is 0 Å². The van der Waals surface area contributed by atoms with E-state index in [1.165, 1.54) is 0 Å². The van der Waals surface area contributed by atoms with Crippen LogP contribution in [0, 0.1) is 5.41 Å². The summed E-state index contributed by atoms with van der Waals surface area (Å²) in [6.07, 6.45) is 0. The minimum absolute atomic E-state index is 0.0258. The van der Waals surface area contributed by atoms with E-state index in [-0.39, 0.29) is 5.84 Å². The first-order chi connectivity index (χ1) is 12.2. The summed E-state index contributed by atoms with van der Waals surface area (Å²) in [4.78, 5) is 6.85. The van der Waals surface area contributed by atoms with Gasteiger partial charge in [0.05, 0.1) is 5.69 Å². The number of hydrogen-bond acceptors (Lipinski definition) is 2. The SMILES string of the molecule is CN(C(=Nc1ccccc1)c1ccccc1C(=N)N)c1ccccc1. The number of nitrogen functional groups attached to an aromatic ring is 1. The molecule has 25 heavy (non-hydrogen) atoms. The Morgan fingerprint density at radius 2 is 1.32 bits per heavy atom. The highest BCUT2D eigenvalue weighted by Gasteiger charge is 2.16. The molecule has 3 N–H and O–H groups in total. The zero-order chi connectivity index (χ0) is 17.6. The number of para-hydroxylation sites is 2. The number of anilines is 1. The van der Waals surface area contributed by atoms with Crippen LogP contribution >= 0.6 is 0 Å². The maximum absolute atomic E-state index is 7.90. The van der Waals surface area contributed by atoms with E-state index in [4.69, 9.17) is 16.1 Å². The van der Waals surface area contributed by atoms with Gasteiger partial charge in [0.15, 0.2) is 0 Å². The van der Waals surface area contributed by atoms with E-state index in [1.807, 2.05) is 96.9 Å². The van der Waals surface area contributed by atoms with Crippen molar-refractivity contribution in [1.29, 1.82) is 5.41 Å². The first-order valence-electron chi connectivity index (χ1n) is 8.03. The highest BCUT2D eigenvalue weighted by Crippen LogP contribution is 2.21. The lowest BCUT2D eigenvalue weighted by atomic mass is 10.0. The molecule has 0 aliphatic carbocycles. The molecule has 3 aromatic carbocycles. The molecule has 0 aromatic heterocycles. The van der Waals surface area contributed by atoms with Crippen LogP contribution in [0.15, 0.2) is 89.9 Å². The van der Waals surface area contributed by atoms with Crippen LogP contribution in [0.3, 0.4) is 0 Å². The predicted molar refractivity (Wildman–Crippen MR) is 105 cm³/mol. The van der Waals surface area contributed by atoms with E-state index in [1.54, 1.807) is 0 Å². The predicted octanol–water partition coefficient (Wildman–Crippen LogP) is 4.19. The molecule has 124 valence electrons. The van der Waals surface area contributed by atoms with Crippen molar-refractivity contribution < 1.29 is 0 Å². The number of rotatable bonds is 4. The summed E-state index contributed by atoms with van der Waals surface area (Å²) in [5.41, 5.74) is 9.14. The Morgan fingerprint density at radius 3 is 1.92 bits per heavy atom. The molecule has 3 aromatic rings. The molecule has 0 spiro atoms. The molecule has 0 bridgehead atoms. The van der Waals surface area contributed by atoms with Crippen LogP contribution in [-0.2, 0) is 0 Å². The molecule has 4 nitrogen and oxygen atoms in total. The van der Waals surface area contributed by atoms with Crippen LogP contribution in [0.4, 0.5) is 11.4 Å². The summed E-state index contributed by atoms with van der Waals surface area (Å²) in [5, 5.41) is 7.90. The molecule has 0 heterocycles. The summed E-state index contributed by atoms with van der Waals surface area (Å²) in [6.45, 7) is 0. The number of nitrogens with two attached hydrogens (primary N) is 1. The lowest BCUT2D eigenvalue weighted by molar-refractivity contribution is 1.24. The largest absolute Gasteiger partial charge is 0.384 e. The molecule has 0 aliphatic rings. The molecule has 0 atom stereocenters. The van der Waals surface area contributed by atoms with Crippen molar-refractivity contribution in [2.45, 2.75) is 0 Å². The first kappa shape index (κ1) is 16.5. The van der Waals surface area contributed by atoms with Crippen molar-refractivity contribution in [1.82, 2.24) is 0 Å². The van der Waals surface area contributed by atoms with Gasteiger partial charge in [-0.05, 0) is 24.3 Å². The Labute approximate surface area is 147 Å². The zero-order valence-electron chi connectivity index (χ0n) is 14.1. The van der Waals surface area contributed by atoms with Crippen molar-refractivity contribution in [3.63, 3.8) is 0 Å². The number of amidine groups is 2. The second kappa shape index (κ2) is 7.45.